The van der Waals surface area contributed by atoms with Gasteiger partial charge in [0.15, 0.2) is 11.5 Å². The molecule has 1 aromatic carbocycles. The minimum Gasteiger partial charge on any atom is -0.454 e. The molecular weight excluding hydrogens is 290 g/mol. The van der Waals surface area contributed by atoms with Crippen molar-refractivity contribution < 1.29 is 23.9 Å². The molecule has 2 heterocycles. The van der Waals surface area contributed by atoms with Gasteiger partial charge in [0.25, 0.3) is 5.91 Å². The highest BCUT2D eigenvalue weighted by Crippen LogP contribution is 2.34. The van der Waals surface area contributed by atoms with E-state index in [9.17, 15) is 14.4 Å². The molecule has 0 aromatic heterocycles. The van der Waals surface area contributed by atoms with Crippen LogP contribution < -0.4 is 20.5 Å². The van der Waals surface area contributed by atoms with Crippen LogP contribution in [-0.2, 0) is 16.0 Å². The highest BCUT2D eigenvalue weighted by molar-refractivity contribution is 6.08. The number of nitrogens with two attached hydrogens (primary N) is 1. The lowest BCUT2D eigenvalue weighted by molar-refractivity contribution is -0.133. The molecule has 0 aliphatic carbocycles. The third kappa shape index (κ3) is 2.32. The highest BCUT2D eigenvalue weighted by Gasteiger charge is 2.48. The van der Waals surface area contributed by atoms with Gasteiger partial charge in [-0.05, 0) is 24.6 Å². The van der Waals surface area contributed by atoms with Crippen molar-refractivity contribution in [2.24, 2.45) is 5.73 Å². The molecule has 0 saturated carbocycles. The Labute approximate surface area is 126 Å². The lowest BCUT2D eigenvalue weighted by Gasteiger charge is -2.21. The molecule has 1 fully saturated rings. The molecular formula is C14H15N3O5. The van der Waals surface area contributed by atoms with Crippen molar-refractivity contribution >= 4 is 17.8 Å². The number of imide groups is 1. The van der Waals surface area contributed by atoms with Crippen molar-refractivity contribution in [2.75, 3.05) is 13.3 Å². The summed E-state index contributed by atoms with van der Waals surface area (Å²) in [5.74, 6) is 0.0303. The molecule has 1 aromatic rings. The number of ether oxygens (including phenoxy) is 2. The van der Waals surface area contributed by atoms with E-state index in [4.69, 9.17) is 15.2 Å². The zero-order valence-corrected chi connectivity index (χ0v) is 11.9. The zero-order valence-electron chi connectivity index (χ0n) is 11.9. The largest absolute Gasteiger partial charge is 0.454 e. The summed E-state index contributed by atoms with van der Waals surface area (Å²) in [5.41, 5.74) is 4.74. The summed E-state index contributed by atoms with van der Waals surface area (Å²) in [6, 6.07) is 4.70. The first-order valence-corrected chi connectivity index (χ1v) is 6.70. The van der Waals surface area contributed by atoms with Gasteiger partial charge in [0.2, 0.25) is 12.7 Å². The first kappa shape index (κ1) is 14.2. The highest BCUT2D eigenvalue weighted by atomic mass is 16.7. The van der Waals surface area contributed by atoms with Crippen LogP contribution in [0.1, 0.15) is 12.5 Å². The van der Waals surface area contributed by atoms with Gasteiger partial charge in [0.05, 0.1) is 0 Å². The Morgan fingerprint density at radius 2 is 2.09 bits per heavy atom. The third-order valence-corrected chi connectivity index (χ3v) is 3.65. The summed E-state index contributed by atoms with van der Waals surface area (Å²) in [6.45, 7) is 1.35. The molecule has 0 bridgehead atoms. The van der Waals surface area contributed by atoms with Crippen molar-refractivity contribution in [1.82, 2.24) is 10.2 Å². The molecule has 1 saturated heterocycles. The molecule has 116 valence electrons. The first-order chi connectivity index (χ1) is 10.4. The van der Waals surface area contributed by atoms with Gasteiger partial charge in [0, 0.05) is 6.42 Å². The van der Waals surface area contributed by atoms with Crippen molar-refractivity contribution in [3.8, 4) is 11.5 Å². The van der Waals surface area contributed by atoms with Gasteiger partial charge in [0.1, 0.15) is 12.1 Å². The Balaban J connectivity index is 1.81. The summed E-state index contributed by atoms with van der Waals surface area (Å²) < 4.78 is 10.5. The monoisotopic (exact) mass is 305 g/mol. The number of rotatable bonds is 4. The second kappa shape index (κ2) is 4.90. The van der Waals surface area contributed by atoms with Crippen LogP contribution in [0.3, 0.4) is 0 Å². The number of hydrogen-bond donors (Lipinski definition) is 2. The number of fused-ring (bicyclic) bond motifs is 1. The number of urea groups is 1. The Kier molecular flexibility index (Phi) is 3.16. The van der Waals surface area contributed by atoms with Crippen LogP contribution in [0.25, 0.3) is 0 Å². The predicted molar refractivity (Wildman–Crippen MR) is 74.1 cm³/mol. The van der Waals surface area contributed by atoms with E-state index in [1.54, 1.807) is 25.1 Å². The van der Waals surface area contributed by atoms with E-state index >= 15 is 0 Å². The molecule has 8 nitrogen and oxygen atoms in total. The smallest absolute Gasteiger partial charge is 0.325 e. The maximum atomic E-state index is 12.4. The lowest BCUT2D eigenvalue weighted by Crippen LogP contribution is -2.46. The summed E-state index contributed by atoms with van der Waals surface area (Å²) in [7, 11) is 0. The second-order valence-electron chi connectivity index (χ2n) is 5.48. The molecule has 3 N–H and O–H groups in total. The van der Waals surface area contributed by atoms with Gasteiger partial charge in [-0.15, -0.1) is 0 Å². The molecule has 22 heavy (non-hydrogen) atoms. The average molecular weight is 305 g/mol. The predicted octanol–water partition coefficient (Wildman–Crippen LogP) is -0.246. The van der Waals surface area contributed by atoms with Crippen LogP contribution in [-0.4, -0.2) is 41.6 Å². The van der Waals surface area contributed by atoms with Gasteiger partial charge in [-0.25, -0.2) is 4.79 Å². The van der Waals surface area contributed by atoms with Gasteiger partial charge < -0.3 is 20.5 Å². The van der Waals surface area contributed by atoms with Crippen LogP contribution in [0.15, 0.2) is 18.2 Å². The molecule has 1 atom stereocenters. The van der Waals surface area contributed by atoms with E-state index in [0.717, 1.165) is 10.5 Å². The topological polar surface area (TPSA) is 111 Å². The number of nitrogens with one attached hydrogen (secondary N) is 1. The van der Waals surface area contributed by atoms with Crippen LogP contribution in [0.5, 0.6) is 11.5 Å². The van der Waals surface area contributed by atoms with Crippen LogP contribution in [0.2, 0.25) is 0 Å². The molecule has 3 rings (SSSR count). The molecule has 8 heteroatoms. The van der Waals surface area contributed by atoms with E-state index in [1.807, 2.05) is 0 Å². The van der Waals surface area contributed by atoms with E-state index < -0.39 is 29.9 Å². The summed E-state index contributed by atoms with van der Waals surface area (Å²) >= 11 is 0. The Hall–Kier alpha value is -2.77. The molecule has 0 unspecified atom stereocenters. The fraction of sp³-hybridized carbons (Fsp3) is 0.357. The lowest BCUT2D eigenvalue weighted by atomic mass is 9.92. The number of hydrogen-bond acceptors (Lipinski definition) is 5. The standard InChI is InChI=1S/C14H15N3O5/c1-14(12(19)17(6-11(15)18)13(20)16-14)5-8-2-3-9-10(4-8)22-7-21-9/h2-4H,5-7H2,1H3,(H2,15,18)(H,16,20)/t14-/m0/s1. The third-order valence-electron chi connectivity index (χ3n) is 3.65. The van der Waals surface area contributed by atoms with E-state index in [2.05, 4.69) is 5.32 Å². The normalized spacial score (nSPS) is 22.9. The van der Waals surface area contributed by atoms with Crippen molar-refractivity contribution in [2.45, 2.75) is 18.9 Å². The van der Waals surface area contributed by atoms with Crippen LogP contribution in [0, 0.1) is 0 Å². The fourth-order valence-corrected chi connectivity index (χ4v) is 2.63. The molecule has 4 amide bonds. The maximum Gasteiger partial charge on any atom is 0.325 e. The fourth-order valence-electron chi connectivity index (χ4n) is 2.63. The summed E-state index contributed by atoms with van der Waals surface area (Å²) in [5, 5.41) is 2.61. The summed E-state index contributed by atoms with van der Waals surface area (Å²) in [6.07, 6.45) is 0.267. The quantitative estimate of drug-likeness (QED) is 0.745. The number of amides is 4. The number of benzene rings is 1. The van der Waals surface area contributed by atoms with Crippen LogP contribution in [0.4, 0.5) is 4.79 Å². The Morgan fingerprint density at radius 1 is 1.36 bits per heavy atom. The zero-order chi connectivity index (χ0) is 15.9. The minimum absolute atomic E-state index is 0.165. The van der Waals surface area contributed by atoms with E-state index in [1.165, 1.54) is 0 Å². The van der Waals surface area contributed by atoms with Crippen molar-refractivity contribution in [3.05, 3.63) is 23.8 Å². The number of carbonyl (C=O) groups excluding carboxylic acids is 3. The molecule has 2 aliphatic heterocycles. The van der Waals surface area contributed by atoms with Crippen molar-refractivity contribution in [1.29, 1.82) is 0 Å². The van der Waals surface area contributed by atoms with Gasteiger partial charge in [-0.2, -0.15) is 0 Å². The average Bonchev–Trinajstić information content (AvgIpc) is 2.97. The van der Waals surface area contributed by atoms with Gasteiger partial charge >= 0.3 is 6.03 Å². The molecule has 0 radical (unpaired) electrons. The SMILES string of the molecule is C[C@@]1(Cc2ccc3c(c2)OCO3)NC(=O)N(CC(N)=O)C1=O. The Morgan fingerprint density at radius 3 is 2.82 bits per heavy atom. The first-order valence-electron chi connectivity index (χ1n) is 6.70. The van der Waals surface area contributed by atoms with Gasteiger partial charge in [-0.1, -0.05) is 6.07 Å². The minimum atomic E-state index is -1.12. The number of carbonyl (C=O) groups is 3. The molecule has 2 aliphatic rings. The maximum absolute atomic E-state index is 12.4. The second-order valence-corrected chi connectivity index (χ2v) is 5.48. The van der Waals surface area contributed by atoms with Crippen molar-refractivity contribution in [3.63, 3.8) is 0 Å². The number of primary amides is 1. The Bertz CT molecular complexity index is 674. The van der Waals surface area contributed by atoms with Crippen LogP contribution >= 0.6 is 0 Å². The number of nitrogens with zero attached hydrogens (tertiary/aromatic N) is 1. The van der Waals surface area contributed by atoms with E-state index in [-0.39, 0.29) is 13.2 Å². The summed E-state index contributed by atoms with van der Waals surface area (Å²) in [4.78, 5) is 36.0. The van der Waals surface area contributed by atoms with E-state index in [0.29, 0.717) is 11.5 Å². The van der Waals surface area contributed by atoms with Gasteiger partial charge in [-0.3, -0.25) is 14.5 Å². The molecule has 0 spiro atoms.